The molecule has 0 spiro atoms. The van der Waals surface area contributed by atoms with Gasteiger partial charge in [0.2, 0.25) is 0 Å². The first kappa shape index (κ1) is 9.66. The van der Waals surface area contributed by atoms with E-state index in [1.807, 2.05) is 0 Å². The Morgan fingerprint density at radius 3 is 2.57 bits per heavy atom. The maximum absolute atomic E-state index is 5.25. The predicted octanol–water partition coefficient (Wildman–Crippen LogP) is 2.49. The minimum atomic E-state index is 0.158. The molecule has 0 radical (unpaired) electrons. The summed E-state index contributed by atoms with van der Waals surface area (Å²) in [5.41, 5.74) is 2.51. The average molecular weight is 191 g/mol. The zero-order chi connectivity index (χ0) is 10.2. The highest BCUT2D eigenvalue weighted by atomic mass is 16.5. The van der Waals surface area contributed by atoms with Crippen LogP contribution in [0.15, 0.2) is 18.2 Å². The standard InChI is InChI=1S/C12H17NO/c1-9(2)10-5-4-6-11(13-10)12(3)7-14-8-12/h4-6,9H,7-8H2,1-3H3. The number of pyridine rings is 1. The van der Waals surface area contributed by atoms with Crippen molar-refractivity contribution in [3.05, 3.63) is 29.6 Å². The fourth-order valence-corrected chi connectivity index (χ4v) is 1.67. The largest absolute Gasteiger partial charge is 0.379 e. The number of nitrogens with zero attached hydrogens (tertiary/aromatic N) is 1. The van der Waals surface area contributed by atoms with E-state index in [4.69, 9.17) is 4.74 Å². The van der Waals surface area contributed by atoms with Gasteiger partial charge in [-0.05, 0) is 25.0 Å². The molecule has 2 heterocycles. The van der Waals surface area contributed by atoms with Crippen LogP contribution in [0.2, 0.25) is 0 Å². The van der Waals surface area contributed by atoms with Crippen LogP contribution in [-0.2, 0) is 10.2 Å². The monoisotopic (exact) mass is 191 g/mol. The quantitative estimate of drug-likeness (QED) is 0.716. The molecule has 1 fully saturated rings. The van der Waals surface area contributed by atoms with E-state index in [0.717, 1.165) is 13.2 Å². The average Bonchev–Trinajstić information content (AvgIpc) is 2.14. The molecule has 1 saturated heterocycles. The summed E-state index contributed by atoms with van der Waals surface area (Å²) < 4.78 is 5.25. The third kappa shape index (κ3) is 1.55. The van der Waals surface area contributed by atoms with Crippen LogP contribution in [0.25, 0.3) is 0 Å². The smallest absolute Gasteiger partial charge is 0.0598 e. The third-order valence-corrected chi connectivity index (χ3v) is 2.82. The van der Waals surface area contributed by atoms with Gasteiger partial charge in [0, 0.05) is 5.69 Å². The lowest BCUT2D eigenvalue weighted by Gasteiger charge is -2.37. The highest BCUT2D eigenvalue weighted by molar-refractivity contribution is 5.22. The van der Waals surface area contributed by atoms with Crippen LogP contribution in [0.5, 0.6) is 0 Å². The van der Waals surface area contributed by atoms with E-state index < -0.39 is 0 Å². The van der Waals surface area contributed by atoms with Gasteiger partial charge >= 0.3 is 0 Å². The molecule has 0 aliphatic carbocycles. The Hall–Kier alpha value is -0.890. The molecule has 2 nitrogen and oxygen atoms in total. The minimum absolute atomic E-state index is 0.158. The fourth-order valence-electron chi connectivity index (χ4n) is 1.67. The molecule has 0 aromatic carbocycles. The number of hydrogen-bond acceptors (Lipinski definition) is 2. The summed E-state index contributed by atoms with van der Waals surface area (Å²) in [6.07, 6.45) is 0. The van der Waals surface area contributed by atoms with Gasteiger partial charge in [0.25, 0.3) is 0 Å². The molecule has 2 rings (SSSR count). The summed E-state index contributed by atoms with van der Waals surface area (Å²) in [5.74, 6) is 0.500. The number of ether oxygens (including phenoxy) is 1. The molecule has 0 atom stereocenters. The van der Waals surface area contributed by atoms with Gasteiger partial charge in [-0.25, -0.2) is 0 Å². The molecule has 0 bridgehead atoms. The van der Waals surface area contributed by atoms with E-state index in [1.165, 1.54) is 11.4 Å². The Morgan fingerprint density at radius 1 is 1.36 bits per heavy atom. The summed E-state index contributed by atoms with van der Waals surface area (Å²) in [6, 6.07) is 6.30. The highest BCUT2D eigenvalue weighted by Gasteiger charge is 2.36. The minimum Gasteiger partial charge on any atom is -0.379 e. The molecule has 76 valence electrons. The van der Waals surface area contributed by atoms with Gasteiger partial charge in [-0.2, -0.15) is 0 Å². The molecule has 1 aliphatic rings. The summed E-state index contributed by atoms with van der Waals surface area (Å²) >= 11 is 0. The molecule has 14 heavy (non-hydrogen) atoms. The number of aromatic nitrogens is 1. The van der Waals surface area contributed by atoms with Gasteiger partial charge in [0.05, 0.1) is 24.3 Å². The molecule has 0 unspecified atom stereocenters. The molecule has 0 amide bonds. The van der Waals surface area contributed by atoms with Crippen LogP contribution in [0, 0.1) is 0 Å². The number of hydrogen-bond donors (Lipinski definition) is 0. The van der Waals surface area contributed by atoms with Crippen molar-refractivity contribution in [3.63, 3.8) is 0 Å². The first-order valence-corrected chi connectivity index (χ1v) is 5.17. The van der Waals surface area contributed by atoms with Gasteiger partial charge in [-0.3, -0.25) is 4.98 Å². The lowest BCUT2D eigenvalue weighted by molar-refractivity contribution is -0.0521. The van der Waals surface area contributed by atoms with Gasteiger partial charge in [0.1, 0.15) is 0 Å². The van der Waals surface area contributed by atoms with Crippen LogP contribution in [-0.4, -0.2) is 18.2 Å². The number of rotatable bonds is 2. The first-order valence-electron chi connectivity index (χ1n) is 5.17. The van der Waals surface area contributed by atoms with Crippen molar-refractivity contribution in [2.75, 3.05) is 13.2 Å². The Bertz CT molecular complexity index is 329. The Morgan fingerprint density at radius 2 is 2.07 bits per heavy atom. The maximum Gasteiger partial charge on any atom is 0.0598 e. The van der Waals surface area contributed by atoms with Crippen molar-refractivity contribution in [3.8, 4) is 0 Å². The zero-order valence-corrected chi connectivity index (χ0v) is 9.08. The van der Waals surface area contributed by atoms with Crippen LogP contribution < -0.4 is 0 Å². The summed E-state index contributed by atoms with van der Waals surface area (Å²) in [6.45, 7) is 8.17. The summed E-state index contributed by atoms with van der Waals surface area (Å²) in [7, 11) is 0. The van der Waals surface area contributed by atoms with Gasteiger partial charge < -0.3 is 4.74 Å². The van der Waals surface area contributed by atoms with E-state index in [2.05, 4.69) is 44.0 Å². The van der Waals surface area contributed by atoms with Crippen LogP contribution in [0.1, 0.15) is 38.1 Å². The van der Waals surface area contributed by atoms with E-state index >= 15 is 0 Å². The van der Waals surface area contributed by atoms with Crippen LogP contribution in [0.4, 0.5) is 0 Å². The molecule has 1 aliphatic heterocycles. The second kappa shape index (κ2) is 3.35. The molecule has 0 N–H and O–H groups in total. The topological polar surface area (TPSA) is 22.1 Å². The summed E-state index contributed by atoms with van der Waals surface area (Å²) in [4.78, 5) is 4.69. The molecule has 2 heteroatoms. The highest BCUT2D eigenvalue weighted by Crippen LogP contribution is 2.30. The lowest BCUT2D eigenvalue weighted by Crippen LogP contribution is -2.44. The molecular weight excluding hydrogens is 174 g/mol. The van der Waals surface area contributed by atoms with Gasteiger partial charge in [-0.15, -0.1) is 0 Å². The summed E-state index contributed by atoms with van der Waals surface area (Å²) in [5, 5.41) is 0. The van der Waals surface area contributed by atoms with Crippen molar-refractivity contribution >= 4 is 0 Å². The van der Waals surface area contributed by atoms with E-state index in [-0.39, 0.29) is 5.41 Å². The predicted molar refractivity (Wildman–Crippen MR) is 56.5 cm³/mol. The second-order valence-corrected chi connectivity index (χ2v) is 4.66. The third-order valence-electron chi connectivity index (χ3n) is 2.82. The Labute approximate surface area is 85.3 Å². The first-order chi connectivity index (χ1) is 6.62. The zero-order valence-electron chi connectivity index (χ0n) is 9.08. The van der Waals surface area contributed by atoms with E-state index in [0.29, 0.717) is 5.92 Å². The van der Waals surface area contributed by atoms with Crippen LogP contribution in [0.3, 0.4) is 0 Å². The Kier molecular flexibility index (Phi) is 2.31. The molecule has 1 aromatic heterocycles. The van der Waals surface area contributed by atoms with Gasteiger partial charge in [0.15, 0.2) is 0 Å². The molecule has 0 saturated carbocycles. The van der Waals surface area contributed by atoms with Crippen molar-refractivity contribution < 1.29 is 4.74 Å². The normalized spacial score (nSPS) is 19.4. The van der Waals surface area contributed by atoms with Gasteiger partial charge in [-0.1, -0.05) is 19.9 Å². The lowest BCUT2D eigenvalue weighted by atomic mass is 9.84. The SMILES string of the molecule is CC(C)c1cccc(C2(C)COC2)n1. The van der Waals surface area contributed by atoms with Crippen molar-refractivity contribution in [2.45, 2.75) is 32.1 Å². The van der Waals surface area contributed by atoms with E-state index in [1.54, 1.807) is 0 Å². The second-order valence-electron chi connectivity index (χ2n) is 4.66. The maximum atomic E-state index is 5.25. The van der Waals surface area contributed by atoms with E-state index in [9.17, 15) is 0 Å². The van der Waals surface area contributed by atoms with Crippen molar-refractivity contribution in [2.24, 2.45) is 0 Å². The van der Waals surface area contributed by atoms with Crippen LogP contribution >= 0.6 is 0 Å². The fraction of sp³-hybridized carbons (Fsp3) is 0.583. The van der Waals surface area contributed by atoms with Crippen molar-refractivity contribution in [1.82, 2.24) is 4.98 Å². The Balaban J connectivity index is 2.30. The van der Waals surface area contributed by atoms with Crippen molar-refractivity contribution in [1.29, 1.82) is 0 Å². The molecular formula is C12H17NO. The molecule has 1 aromatic rings.